The number of carbonyl (C=O) groups is 2. The van der Waals surface area contributed by atoms with Crippen LogP contribution in [0.2, 0.25) is 0 Å². The second-order valence-electron chi connectivity index (χ2n) is 9.75. The zero-order valence-electron chi connectivity index (χ0n) is 26.7. The minimum absolute atomic E-state index is 0.0396. The molecule has 13 heteroatoms. The molecule has 3 aromatic rings. The van der Waals surface area contributed by atoms with Crippen LogP contribution < -0.4 is 33.3 Å². The quantitative estimate of drug-likeness (QED) is 0.247. The van der Waals surface area contributed by atoms with E-state index < -0.39 is 28.5 Å². The Morgan fingerprint density at radius 3 is 1.91 bits per heavy atom. The molecule has 0 spiro atoms. The zero-order chi connectivity index (χ0) is 33.1. The van der Waals surface area contributed by atoms with E-state index in [0.717, 1.165) is 9.87 Å². The van der Waals surface area contributed by atoms with E-state index in [1.165, 1.54) is 57.6 Å². The first-order valence-electron chi connectivity index (χ1n) is 14.2. The predicted molar refractivity (Wildman–Crippen MR) is 170 cm³/mol. The molecule has 0 aliphatic rings. The maximum atomic E-state index is 14.4. The van der Waals surface area contributed by atoms with Crippen molar-refractivity contribution < 1.29 is 41.7 Å². The Morgan fingerprint density at radius 1 is 0.756 bits per heavy atom. The molecule has 0 heterocycles. The highest BCUT2D eigenvalue weighted by Crippen LogP contribution is 2.38. The third kappa shape index (κ3) is 8.09. The van der Waals surface area contributed by atoms with Gasteiger partial charge < -0.3 is 33.9 Å². The smallest absolute Gasteiger partial charge is 0.265 e. The number of ether oxygens (including phenoxy) is 5. The van der Waals surface area contributed by atoms with E-state index in [1.807, 2.05) is 0 Å². The van der Waals surface area contributed by atoms with Crippen molar-refractivity contribution in [3.63, 3.8) is 0 Å². The molecule has 1 atom stereocenters. The second kappa shape index (κ2) is 15.9. The number of anilines is 1. The SMILES string of the molecule is CCNC(=O)[C@H](CC)N(Cc1ccc(OC)cc1)C(=O)CN(c1cc(OC)ccc1OC)S(=O)(=O)c1ccc(OC)c(OC)c1. The van der Waals surface area contributed by atoms with E-state index in [4.69, 9.17) is 23.7 Å². The topological polar surface area (TPSA) is 133 Å². The standard InChI is InChI=1S/C32H41N3O9S/c1-8-26(32(37)33-9-2)34(20-22-10-12-23(40-3)13-11-22)31(36)21-35(27-18-24(41-4)14-16-28(27)42-5)45(38,39)25-15-17-29(43-6)30(19-25)44-7/h10-19,26H,8-9,20-21H2,1-7H3,(H,33,37)/t26-/m0/s1. The Morgan fingerprint density at radius 2 is 1.36 bits per heavy atom. The molecule has 12 nitrogen and oxygen atoms in total. The second-order valence-corrected chi connectivity index (χ2v) is 11.6. The maximum Gasteiger partial charge on any atom is 0.265 e. The van der Waals surface area contributed by atoms with Crippen LogP contribution in [0.4, 0.5) is 5.69 Å². The minimum Gasteiger partial charge on any atom is -0.497 e. The minimum atomic E-state index is -4.44. The van der Waals surface area contributed by atoms with Gasteiger partial charge in [-0.2, -0.15) is 0 Å². The molecule has 0 bridgehead atoms. The Bertz CT molecular complexity index is 1560. The fourth-order valence-electron chi connectivity index (χ4n) is 4.75. The predicted octanol–water partition coefficient (Wildman–Crippen LogP) is 3.87. The molecule has 3 rings (SSSR count). The van der Waals surface area contributed by atoms with Crippen molar-refractivity contribution in [2.75, 3.05) is 52.9 Å². The summed E-state index contributed by atoms with van der Waals surface area (Å²) in [5.74, 6) is 0.708. The number of hydrogen-bond donors (Lipinski definition) is 1. The van der Waals surface area contributed by atoms with Crippen LogP contribution in [-0.2, 0) is 26.2 Å². The number of amides is 2. The molecular formula is C32H41N3O9S. The van der Waals surface area contributed by atoms with E-state index in [9.17, 15) is 18.0 Å². The first-order chi connectivity index (χ1) is 21.6. The molecule has 0 radical (unpaired) electrons. The lowest BCUT2D eigenvalue weighted by atomic mass is 10.1. The van der Waals surface area contributed by atoms with Crippen molar-refractivity contribution in [2.24, 2.45) is 0 Å². The van der Waals surface area contributed by atoms with Crippen molar-refractivity contribution in [1.82, 2.24) is 10.2 Å². The van der Waals surface area contributed by atoms with Crippen LogP contribution in [0.15, 0.2) is 65.6 Å². The molecule has 244 valence electrons. The third-order valence-electron chi connectivity index (χ3n) is 7.13. The Hall–Kier alpha value is -4.65. The van der Waals surface area contributed by atoms with Crippen molar-refractivity contribution >= 4 is 27.5 Å². The number of carbonyl (C=O) groups excluding carboxylic acids is 2. The van der Waals surface area contributed by atoms with Crippen LogP contribution in [-0.4, -0.2) is 79.8 Å². The molecule has 1 N–H and O–H groups in total. The van der Waals surface area contributed by atoms with Crippen LogP contribution in [0.25, 0.3) is 0 Å². The number of nitrogens with one attached hydrogen (secondary N) is 1. The molecule has 45 heavy (non-hydrogen) atoms. The average molecular weight is 644 g/mol. The molecule has 0 unspecified atom stereocenters. The van der Waals surface area contributed by atoms with Gasteiger partial charge in [0.25, 0.3) is 10.0 Å². The molecule has 0 aromatic heterocycles. The van der Waals surface area contributed by atoms with Crippen LogP contribution >= 0.6 is 0 Å². The van der Waals surface area contributed by atoms with Crippen LogP contribution in [0.3, 0.4) is 0 Å². The van der Waals surface area contributed by atoms with Crippen LogP contribution in [0.1, 0.15) is 25.8 Å². The number of likely N-dealkylation sites (N-methyl/N-ethyl adjacent to an activating group) is 1. The number of benzene rings is 3. The highest BCUT2D eigenvalue weighted by Gasteiger charge is 2.35. The van der Waals surface area contributed by atoms with Gasteiger partial charge in [-0.3, -0.25) is 13.9 Å². The number of methoxy groups -OCH3 is 5. The van der Waals surface area contributed by atoms with Gasteiger partial charge in [-0.1, -0.05) is 19.1 Å². The highest BCUT2D eigenvalue weighted by molar-refractivity contribution is 7.92. The molecule has 0 aliphatic heterocycles. The van der Waals surface area contributed by atoms with Gasteiger partial charge in [0, 0.05) is 25.2 Å². The van der Waals surface area contributed by atoms with E-state index in [0.29, 0.717) is 30.2 Å². The van der Waals surface area contributed by atoms with Crippen molar-refractivity contribution in [2.45, 2.75) is 37.8 Å². The highest BCUT2D eigenvalue weighted by atomic mass is 32.2. The van der Waals surface area contributed by atoms with Crippen LogP contribution in [0.5, 0.6) is 28.7 Å². The number of rotatable bonds is 16. The van der Waals surface area contributed by atoms with Gasteiger partial charge in [-0.15, -0.1) is 0 Å². The van der Waals surface area contributed by atoms with Crippen LogP contribution in [0, 0.1) is 0 Å². The molecule has 0 saturated carbocycles. The summed E-state index contributed by atoms with van der Waals surface area (Å²) in [4.78, 5) is 28.7. The Labute approximate surface area is 264 Å². The third-order valence-corrected chi connectivity index (χ3v) is 8.88. The van der Waals surface area contributed by atoms with E-state index in [2.05, 4.69) is 5.32 Å². The Balaban J connectivity index is 2.19. The lowest BCUT2D eigenvalue weighted by Gasteiger charge is -2.33. The average Bonchev–Trinajstić information content (AvgIpc) is 3.06. The lowest BCUT2D eigenvalue weighted by Crippen LogP contribution is -2.52. The zero-order valence-corrected chi connectivity index (χ0v) is 27.5. The summed E-state index contributed by atoms with van der Waals surface area (Å²) in [7, 11) is 2.77. The van der Waals surface area contributed by atoms with Crippen molar-refractivity contribution in [3.05, 3.63) is 66.2 Å². The largest absolute Gasteiger partial charge is 0.497 e. The summed E-state index contributed by atoms with van der Waals surface area (Å²) >= 11 is 0. The molecule has 3 aromatic carbocycles. The number of hydrogen-bond acceptors (Lipinski definition) is 9. The molecule has 0 saturated heterocycles. The van der Waals surface area contributed by atoms with E-state index in [-0.39, 0.29) is 34.5 Å². The monoisotopic (exact) mass is 643 g/mol. The van der Waals surface area contributed by atoms with Gasteiger partial charge in [-0.05, 0) is 55.3 Å². The first-order valence-corrected chi connectivity index (χ1v) is 15.7. The number of sulfonamides is 1. The fraction of sp³-hybridized carbons (Fsp3) is 0.375. The fourth-order valence-corrected chi connectivity index (χ4v) is 6.18. The van der Waals surface area contributed by atoms with Gasteiger partial charge in [0.15, 0.2) is 11.5 Å². The van der Waals surface area contributed by atoms with E-state index in [1.54, 1.807) is 57.4 Å². The summed E-state index contributed by atoms with van der Waals surface area (Å²) in [6, 6.07) is 15.0. The van der Waals surface area contributed by atoms with E-state index >= 15 is 0 Å². The summed E-state index contributed by atoms with van der Waals surface area (Å²) in [6.45, 7) is 3.31. The van der Waals surface area contributed by atoms with Gasteiger partial charge in [0.2, 0.25) is 11.8 Å². The maximum absolute atomic E-state index is 14.4. The van der Waals surface area contributed by atoms with Gasteiger partial charge >= 0.3 is 0 Å². The summed E-state index contributed by atoms with van der Waals surface area (Å²) in [5, 5.41) is 2.79. The molecule has 0 fully saturated rings. The molecular weight excluding hydrogens is 602 g/mol. The van der Waals surface area contributed by atoms with Gasteiger partial charge in [0.1, 0.15) is 29.8 Å². The summed E-state index contributed by atoms with van der Waals surface area (Å²) in [6.07, 6.45) is 0.290. The van der Waals surface area contributed by atoms with Gasteiger partial charge in [0.05, 0.1) is 46.1 Å². The molecule has 2 amide bonds. The van der Waals surface area contributed by atoms with Crippen molar-refractivity contribution in [1.29, 1.82) is 0 Å². The number of nitrogens with zero attached hydrogens (tertiary/aromatic N) is 2. The first kappa shape index (κ1) is 34.8. The molecule has 0 aliphatic carbocycles. The Kier molecular flexibility index (Phi) is 12.3. The summed E-state index contributed by atoms with van der Waals surface area (Å²) in [5.41, 5.74) is 0.788. The normalized spacial score (nSPS) is 11.6. The summed E-state index contributed by atoms with van der Waals surface area (Å²) < 4.78 is 56.6. The lowest BCUT2D eigenvalue weighted by molar-refractivity contribution is -0.140. The van der Waals surface area contributed by atoms with Gasteiger partial charge in [-0.25, -0.2) is 8.42 Å². The van der Waals surface area contributed by atoms with Crippen molar-refractivity contribution in [3.8, 4) is 28.7 Å².